The molecule has 0 unspecified atom stereocenters. The first-order chi connectivity index (χ1) is 38.9. The van der Waals surface area contributed by atoms with Gasteiger partial charge in [0.05, 0.1) is 4.90 Å². The Hall–Kier alpha value is -7.34. The van der Waals surface area contributed by atoms with Crippen LogP contribution in [0.3, 0.4) is 0 Å². The van der Waals surface area contributed by atoms with Crippen LogP contribution in [0.15, 0.2) is 169 Å². The number of hydrogen-bond acceptors (Lipinski definition) is 6. The third kappa shape index (κ3) is 11.8. The smallest absolute Gasteiger partial charge is 0.442 e. The summed E-state index contributed by atoms with van der Waals surface area (Å²) in [6.07, 6.45) is -36.7. The molecule has 0 aliphatic rings. The third-order valence-electron chi connectivity index (χ3n) is 13.2. The number of alkyl halides is 22. The van der Waals surface area contributed by atoms with E-state index in [1.54, 1.807) is 0 Å². The lowest BCUT2D eigenvalue weighted by Crippen LogP contribution is -2.54. The van der Waals surface area contributed by atoms with E-state index in [0.717, 1.165) is 24.3 Å². The predicted octanol–water partition coefficient (Wildman–Crippen LogP) is 19.1. The van der Waals surface area contributed by atoms with Gasteiger partial charge in [0.2, 0.25) is 16.2 Å². The molecule has 0 atom stereocenters. The van der Waals surface area contributed by atoms with Gasteiger partial charge in [-0.3, -0.25) is 4.55 Å². The van der Waals surface area contributed by atoms with Gasteiger partial charge < -0.3 is 14.2 Å². The van der Waals surface area contributed by atoms with Crippen molar-refractivity contribution in [3.05, 3.63) is 208 Å². The largest absolute Gasteiger partial charge is 0.457 e. The zero-order chi connectivity index (χ0) is 63.6. The van der Waals surface area contributed by atoms with E-state index in [0.29, 0.717) is 121 Å². The fraction of sp³-hybridized carbons (Fsp3) is 0.236. The van der Waals surface area contributed by atoms with Crippen LogP contribution in [0, 0.1) is 13.8 Å². The molecule has 0 bridgehead atoms. The quantitative estimate of drug-likeness (QED) is 0.0586. The standard InChI is InChI=1S/C55H34F22O6S2/c1-30-3-7-32(8-4-30)45(48(56,57)58,49(59,60)61)34-11-19-38(20-12-34)81-39-21-13-35(14-22-39)47(52(68,69)70,53(71,72)73)36-15-23-40(24-16-36)82-42-27-28-44(84-54(74,75)55(76,77)85(78,79)80)43(29-42)83-41-25-17-37(18-26-41)46(50(62,63)64,51(65,66)67)33-9-5-31(2)6-10-33/h3-29H,1-2H3,(H,78,79,80). The highest BCUT2D eigenvalue weighted by molar-refractivity contribution is 8.01. The zero-order valence-electron chi connectivity index (χ0n) is 42.2. The molecule has 0 saturated heterocycles. The monoisotopic (exact) mass is 1270 g/mol. The van der Waals surface area contributed by atoms with Crippen LogP contribution >= 0.6 is 11.8 Å². The molecule has 456 valence electrons. The van der Waals surface area contributed by atoms with Crippen LogP contribution in [0.25, 0.3) is 0 Å². The summed E-state index contributed by atoms with van der Waals surface area (Å²) in [5.41, 5.74) is -22.1. The molecule has 7 rings (SSSR count). The molecule has 0 aliphatic heterocycles. The summed E-state index contributed by atoms with van der Waals surface area (Å²) >= 11 is -1.33. The minimum absolute atomic E-state index is 0.250. The molecule has 0 radical (unpaired) electrons. The van der Waals surface area contributed by atoms with Gasteiger partial charge in [-0.25, -0.2) is 0 Å². The van der Waals surface area contributed by atoms with Crippen LogP contribution in [-0.2, 0) is 26.4 Å². The van der Waals surface area contributed by atoms with E-state index in [1.165, 1.54) is 13.8 Å². The SMILES string of the molecule is Cc1ccc(C(c2ccc(Oc3ccc(C(c4ccc(Oc5ccc(SC(F)(F)C(F)(F)S(=O)(=O)O)c(Oc6ccc(C(c7ccc(C)cc7)(C(F)(F)F)C(F)(F)F)cc6)c5)cc4)(C(F)(F)F)C(F)(F)F)cc3)cc2)(C(F)(F)F)C(F)(F)F)cc1. The molecule has 0 heterocycles. The molecular formula is C55H34F22O6S2. The summed E-state index contributed by atoms with van der Waals surface area (Å²) in [7, 11) is -6.91. The molecule has 0 aromatic heterocycles. The summed E-state index contributed by atoms with van der Waals surface area (Å²) in [5, 5.41) is -12.1. The summed E-state index contributed by atoms with van der Waals surface area (Å²) in [6, 6.07) is 14.5. The fourth-order valence-electron chi connectivity index (χ4n) is 9.11. The summed E-state index contributed by atoms with van der Waals surface area (Å²) in [6.45, 7) is 2.77. The average molecular weight is 1270 g/mol. The van der Waals surface area contributed by atoms with Crippen molar-refractivity contribution in [1.82, 2.24) is 0 Å². The Kier molecular flexibility index (Phi) is 17.0. The minimum atomic E-state index is -6.91. The van der Waals surface area contributed by atoms with Crippen molar-refractivity contribution in [1.29, 1.82) is 0 Å². The van der Waals surface area contributed by atoms with Crippen molar-refractivity contribution in [3.8, 4) is 34.5 Å². The van der Waals surface area contributed by atoms with E-state index in [-0.39, 0.29) is 29.8 Å². The number of ether oxygens (including phenoxy) is 3. The Balaban J connectivity index is 1.22. The Morgan fingerprint density at radius 1 is 0.329 bits per heavy atom. The molecule has 0 aliphatic carbocycles. The van der Waals surface area contributed by atoms with Crippen molar-refractivity contribution >= 4 is 21.9 Å². The highest BCUT2D eigenvalue weighted by Gasteiger charge is 2.75. The van der Waals surface area contributed by atoms with Crippen LogP contribution in [-0.4, -0.2) is 60.5 Å². The maximum Gasteiger partial charge on any atom is 0.442 e. The van der Waals surface area contributed by atoms with E-state index in [9.17, 15) is 78.7 Å². The average Bonchev–Trinajstić information content (AvgIpc) is 0.812. The second kappa shape index (κ2) is 22.2. The van der Waals surface area contributed by atoms with Gasteiger partial charge >= 0.3 is 57.7 Å². The molecule has 0 spiro atoms. The first-order valence-electron chi connectivity index (χ1n) is 23.4. The van der Waals surface area contributed by atoms with Gasteiger partial charge in [0.25, 0.3) is 0 Å². The summed E-state index contributed by atoms with van der Waals surface area (Å²) in [4.78, 5) is -1.22. The van der Waals surface area contributed by atoms with Crippen molar-refractivity contribution in [2.24, 2.45) is 0 Å². The lowest BCUT2D eigenvalue weighted by atomic mass is 9.72. The predicted molar refractivity (Wildman–Crippen MR) is 261 cm³/mol. The maximum absolute atomic E-state index is 15.2. The number of aryl methyl sites for hydroxylation is 2. The van der Waals surface area contributed by atoms with Gasteiger partial charge in [0.1, 0.15) is 34.5 Å². The van der Waals surface area contributed by atoms with Crippen molar-refractivity contribution in [2.75, 3.05) is 0 Å². The Morgan fingerprint density at radius 2 is 0.553 bits per heavy atom. The Labute approximate surface area is 469 Å². The van der Waals surface area contributed by atoms with Crippen LogP contribution in [0.5, 0.6) is 34.5 Å². The lowest BCUT2D eigenvalue weighted by Gasteiger charge is -2.38. The van der Waals surface area contributed by atoms with Gasteiger partial charge in [-0.1, -0.05) is 108 Å². The van der Waals surface area contributed by atoms with E-state index in [4.69, 9.17) is 18.8 Å². The van der Waals surface area contributed by atoms with E-state index in [1.807, 2.05) is 0 Å². The van der Waals surface area contributed by atoms with Crippen molar-refractivity contribution in [3.63, 3.8) is 0 Å². The Bertz CT molecular complexity index is 3550. The number of hydrogen-bond donors (Lipinski definition) is 1. The fourth-order valence-corrected chi connectivity index (χ4v) is 10.6. The van der Waals surface area contributed by atoms with Gasteiger partial charge in [0, 0.05) is 6.07 Å². The normalized spacial score (nSPS) is 13.8. The van der Waals surface area contributed by atoms with Gasteiger partial charge in [-0.05, 0) is 120 Å². The van der Waals surface area contributed by atoms with Crippen molar-refractivity contribution in [2.45, 2.75) is 82.6 Å². The van der Waals surface area contributed by atoms with Crippen LogP contribution in [0.2, 0.25) is 0 Å². The molecular weight excluding hydrogens is 1240 g/mol. The van der Waals surface area contributed by atoms with Gasteiger partial charge in [0.15, 0.2) is 0 Å². The molecule has 30 heteroatoms. The first-order valence-corrected chi connectivity index (χ1v) is 25.7. The summed E-state index contributed by atoms with van der Waals surface area (Å²) < 4.78 is 374. The molecule has 7 aromatic carbocycles. The molecule has 7 aromatic rings. The van der Waals surface area contributed by atoms with Gasteiger partial charge in [-0.2, -0.15) is 105 Å². The third-order valence-corrected chi connectivity index (χ3v) is 15.3. The second-order valence-corrected chi connectivity index (χ2v) is 21.2. The van der Waals surface area contributed by atoms with E-state index in [2.05, 4.69) is 0 Å². The number of thioether (sulfide) groups is 1. The second-order valence-electron chi connectivity index (χ2n) is 18.6. The molecule has 1 N–H and O–H groups in total. The van der Waals surface area contributed by atoms with Crippen LogP contribution < -0.4 is 14.2 Å². The van der Waals surface area contributed by atoms with E-state index >= 15 is 26.3 Å². The van der Waals surface area contributed by atoms with Gasteiger partial charge in [-0.15, -0.1) is 0 Å². The zero-order valence-corrected chi connectivity index (χ0v) is 43.8. The lowest BCUT2D eigenvalue weighted by molar-refractivity contribution is -0.290. The molecule has 0 saturated carbocycles. The maximum atomic E-state index is 15.2. The number of benzene rings is 7. The number of rotatable bonds is 16. The molecule has 6 nitrogen and oxygen atoms in total. The topological polar surface area (TPSA) is 82.1 Å². The van der Waals surface area contributed by atoms with Crippen LogP contribution in [0.4, 0.5) is 96.6 Å². The summed E-state index contributed by atoms with van der Waals surface area (Å²) in [5.74, 6) is -4.49. The highest BCUT2D eigenvalue weighted by Crippen LogP contribution is 2.60. The highest BCUT2D eigenvalue weighted by atomic mass is 32.2. The number of halogens is 22. The Morgan fingerprint density at radius 3 is 0.800 bits per heavy atom. The van der Waals surface area contributed by atoms with Crippen molar-refractivity contribution < 1.29 is 124 Å². The minimum Gasteiger partial charge on any atom is -0.457 e. The molecule has 0 amide bonds. The molecule has 85 heavy (non-hydrogen) atoms. The van der Waals surface area contributed by atoms with E-state index < -0.39 is 158 Å². The van der Waals surface area contributed by atoms with Crippen LogP contribution in [0.1, 0.15) is 44.5 Å². The molecule has 0 fully saturated rings. The first kappa shape index (κ1) is 65.2.